The molecule has 0 aliphatic carbocycles. The van der Waals surface area contributed by atoms with E-state index in [1.54, 1.807) is 13.0 Å². The summed E-state index contributed by atoms with van der Waals surface area (Å²) in [6.07, 6.45) is -0.857. The van der Waals surface area contributed by atoms with Crippen molar-refractivity contribution in [1.82, 2.24) is 0 Å². The maximum Gasteiger partial charge on any atom is 0.422 e. The molecule has 26 heavy (non-hydrogen) atoms. The number of aryl methyl sites for hydroxylation is 2. The van der Waals surface area contributed by atoms with E-state index in [4.69, 9.17) is 0 Å². The first-order valence-electron chi connectivity index (χ1n) is 8.76. The second kappa shape index (κ2) is 6.32. The molecule has 2 heterocycles. The van der Waals surface area contributed by atoms with Crippen LogP contribution in [0.25, 0.3) is 11.3 Å². The van der Waals surface area contributed by atoms with E-state index in [0.717, 1.165) is 24.5 Å². The number of rotatable bonds is 2. The smallest absolute Gasteiger partial charge is 0.206 e. The monoisotopic (exact) mass is 370 g/mol. The predicted molar refractivity (Wildman–Crippen MR) is 88.6 cm³/mol. The molecule has 2 aromatic rings. The van der Waals surface area contributed by atoms with Crippen LogP contribution in [0.1, 0.15) is 49.8 Å². The molecule has 1 aliphatic heterocycles. The van der Waals surface area contributed by atoms with E-state index in [2.05, 4.69) is 0 Å². The summed E-state index contributed by atoms with van der Waals surface area (Å²) in [5.41, 5.74) is -0.817. The van der Waals surface area contributed by atoms with Crippen molar-refractivity contribution < 1.29 is 26.5 Å². The molecule has 1 aromatic heterocycles. The Morgan fingerprint density at radius 2 is 1.77 bits per heavy atom. The van der Waals surface area contributed by atoms with Gasteiger partial charge in [0, 0.05) is 31.4 Å². The van der Waals surface area contributed by atoms with Crippen LogP contribution < -0.4 is 4.57 Å². The van der Waals surface area contributed by atoms with E-state index in [0.29, 0.717) is 18.5 Å². The molecule has 0 saturated carbocycles. The SMILES string of the molecule is CCC1(CC)CCc2cc(F)c(C(F)(F)F)c(F)c2-c2cc(C)cc[n+]21. The van der Waals surface area contributed by atoms with Gasteiger partial charge in [-0.2, -0.15) is 17.7 Å². The van der Waals surface area contributed by atoms with Crippen LogP contribution in [0.2, 0.25) is 0 Å². The van der Waals surface area contributed by atoms with Gasteiger partial charge in [0.2, 0.25) is 5.69 Å². The highest BCUT2D eigenvalue weighted by Crippen LogP contribution is 2.42. The third-order valence-electron chi connectivity index (χ3n) is 5.64. The number of hydrogen-bond donors (Lipinski definition) is 0. The second-order valence-corrected chi connectivity index (χ2v) is 6.97. The molecule has 0 bridgehead atoms. The van der Waals surface area contributed by atoms with E-state index in [1.165, 1.54) is 0 Å². The first-order valence-corrected chi connectivity index (χ1v) is 8.76. The van der Waals surface area contributed by atoms with Crippen LogP contribution in [0.15, 0.2) is 24.4 Å². The van der Waals surface area contributed by atoms with Crippen molar-refractivity contribution in [2.75, 3.05) is 0 Å². The number of halogens is 5. The molecule has 0 radical (unpaired) electrons. The lowest BCUT2D eigenvalue weighted by Crippen LogP contribution is -2.56. The van der Waals surface area contributed by atoms with Crippen molar-refractivity contribution in [1.29, 1.82) is 0 Å². The highest BCUT2D eigenvalue weighted by molar-refractivity contribution is 5.65. The van der Waals surface area contributed by atoms with Crippen molar-refractivity contribution in [2.24, 2.45) is 0 Å². The maximum atomic E-state index is 15.0. The average molecular weight is 370 g/mol. The van der Waals surface area contributed by atoms with Crippen LogP contribution in [0.5, 0.6) is 0 Å². The molecule has 0 saturated heterocycles. The number of hydrogen-bond acceptors (Lipinski definition) is 0. The Labute approximate surface area is 149 Å². The summed E-state index contributed by atoms with van der Waals surface area (Å²) in [4.78, 5) is 0. The lowest BCUT2D eigenvalue weighted by atomic mass is 9.86. The van der Waals surface area contributed by atoms with Gasteiger partial charge in [0.05, 0.1) is 5.56 Å². The summed E-state index contributed by atoms with van der Waals surface area (Å²) in [5.74, 6) is -3.07. The third kappa shape index (κ3) is 2.79. The van der Waals surface area contributed by atoms with Crippen molar-refractivity contribution in [3.63, 3.8) is 0 Å². The summed E-state index contributed by atoms with van der Waals surface area (Å²) in [6, 6.07) is 4.40. The first kappa shape index (κ1) is 18.8. The van der Waals surface area contributed by atoms with Gasteiger partial charge in [-0.3, -0.25) is 0 Å². The molecule has 0 unspecified atom stereocenters. The van der Waals surface area contributed by atoms with Gasteiger partial charge >= 0.3 is 6.18 Å². The molecule has 140 valence electrons. The lowest BCUT2D eigenvalue weighted by Gasteiger charge is -2.26. The average Bonchev–Trinajstić information content (AvgIpc) is 2.68. The van der Waals surface area contributed by atoms with E-state index in [9.17, 15) is 22.0 Å². The van der Waals surface area contributed by atoms with Gasteiger partial charge < -0.3 is 0 Å². The topological polar surface area (TPSA) is 3.88 Å². The van der Waals surface area contributed by atoms with Gasteiger partial charge in [-0.1, -0.05) is 13.8 Å². The number of aromatic nitrogens is 1. The Kier molecular flexibility index (Phi) is 4.57. The fourth-order valence-electron chi connectivity index (χ4n) is 4.05. The minimum Gasteiger partial charge on any atom is -0.206 e. The highest BCUT2D eigenvalue weighted by atomic mass is 19.4. The maximum absolute atomic E-state index is 15.0. The van der Waals surface area contributed by atoms with Gasteiger partial charge in [-0.05, 0) is 30.5 Å². The Balaban J connectivity index is 2.42. The van der Waals surface area contributed by atoms with E-state index < -0.39 is 23.4 Å². The van der Waals surface area contributed by atoms with Gasteiger partial charge in [0.1, 0.15) is 11.4 Å². The molecular formula is C20H21F5N+. The van der Waals surface area contributed by atoms with Crippen LogP contribution in [-0.2, 0) is 18.1 Å². The third-order valence-corrected chi connectivity index (χ3v) is 5.64. The van der Waals surface area contributed by atoms with Gasteiger partial charge in [-0.15, -0.1) is 0 Å². The van der Waals surface area contributed by atoms with Crippen molar-refractivity contribution >= 4 is 0 Å². The molecule has 0 fully saturated rings. The first-order chi connectivity index (χ1) is 12.1. The molecule has 1 aromatic carbocycles. The summed E-state index contributed by atoms with van der Waals surface area (Å²) < 4.78 is 70.7. The van der Waals surface area contributed by atoms with Crippen LogP contribution >= 0.6 is 0 Å². The summed E-state index contributed by atoms with van der Waals surface area (Å²) >= 11 is 0. The number of pyridine rings is 1. The minimum atomic E-state index is -5.09. The second-order valence-electron chi connectivity index (χ2n) is 6.97. The Hall–Kier alpha value is -1.98. The summed E-state index contributed by atoms with van der Waals surface area (Å²) in [6.45, 7) is 5.82. The normalized spacial score (nSPS) is 16.0. The Morgan fingerprint density at radius 3 is 2.35 bits per heavy atom. The fraction of sp³-hybridized carbons (Fsp3) is 0.450. The van der Waals surface area contributed by atoms with E-state index in [1.807, 2.05) is 30.7 Å². The molecular weight excluding hydrogens is 349 g/mol. The van der Waals surface area contributed by atoms with Crippen molar-refractivity contribution in [2.45, 2.75) is 58.2 Å². The van der Waals surface area contributed by atoms with Gasteiger partial charge in [0.25, 0.3) is 0 Å². The van der Waals surface area contributed by atoms with E-state index >= 15 is 0 Å². The van der Waals surface area contributed by atoms with Crippen molar-refractivity contribution in [3.05, 3.63) is 52.7 Å². The molecule has 1 nitrogen and oxygen atoms in total. The molecule has 0 amide bonds. The Bertz CT molecular complexity index is 850. The lowest BCUT2D eigenvalue weighted by molar-refractivity contribution is -0.757. The van der Waals surface area contributed by atoms with Gasteiger partial charge in [0.15, 0.2) is 17.6 Å². The number of fused-ring (bicyclic) bond motifs is 3. The standard InChI is InChI=1S/C20H21F5N/c1-4-19(5-2)8-6-13-11-14(21)17(20(23,24)25)18(22)16(13)15-10-12(3)7-9-26(15)19/h7,9-11H,4-6,8H2,1-3H3/q+1. The van der Waals surface area contributed by atoms with Crippen LogP contribution in [-0.4, -0.2) is 0 Å². The van der Waals surface area contributed by atoms with E-state index in [-0.39, 0.29) is 16.7 Å². The Morgan fingerprint density at radius 1 is 1.12 bits per heavy atom. The molecule has 3 rings (SSSR count). The largest absolute Gasteiger partial charge is 0.422 e. The van der Waals surface area contributed by atoms with Crippen LogP contribution in [0.3, 0.4) is 0 Å². The molecule has 6 heteroatoms. The zero-order valence-electron chi connectivity index (χ0n) is 15.0. The number of benzene rings is 1. The molecule has 0 atom stereocenters. The van der Waals surface area contributed by atoms with Crippen LogP contribution in [0.4, 0.5) is 22.0 Å². The quantitative estimate of drug-likeness (QED) is 0.471. The van der Waals surface area contributed by atoms with Crippen LogP contribution in [0, 0.1) is 18.6 Å². The highest BCUT2D eigenvalue weighted by Gasteiger charge is 2.45. The van der Waals surface area contributed by atoms with Gasteiger partial charge in [-0.25, -0.2) is 8.78 Å². The molecule has 0 spiro atoms. The summed E-state index contributed by atoms with van der Waals surface area (Å²) in [7, 11) is 0. The van der Waals surface area contributed by atoms with Crippen molar-refractivity contribution in [3.8, 4) is 11.3 Å². The zero-order valence-corrected chi connectivity index (χ0v) is 15.0. The molecule has 0 N–H and O–H groups in total. The minimum absolute atomic E-state index is 0.133. The predicted octanol–water partition coefficient (Wildman–Crippen LogP) is 5.71. The summed E-state index contributed by atoms with van der Waals surface area (Å²) in [5, 5.41) is 0. The number of alkyl halides is 3. The number of nitrogens with zero attached hydrogens (tertiary/aromatic N) is 1. The fourth-order valence-corrected chi connectivity index (χ4v) is 4.05. The zero-order chi connectivity index (χ0) is 19.3. The molecule has 1 aliphatic rings.